The molecule has 1 radical (unpaired) electrons. The third-order valence-electron chi connectivity index (χ3n) is 0.710. The Balaban J connectivity index is 0. The van der Waals surface area contributed by atoms with Crippen LogP contribution in [0.3, 0.4) is 0 Å². The third-order valence-corrected chi connectivity index (χ3v) is 8.34. The monoisotopic (exact) mass is 406 g/mol. The SMILES string of the molecule is C=O.C[NH][Sn]([I])[N]=C(N)N=C(C)N. The fraction of sp³-hybridized carbons (Fsp3) is 0.400. The molecule has 0 atom stereocenters. The van der Waals surface area contributed by atoms with Crippen LogP contribution in [0.2, 0.25) is 0 Å². The Morgan fingerprint density at radius 1 is 1.54 bits per heavy atom. The summed E-state index contributed by atoms with van der Waals surface area (Å²) in [6.07, 6.45) is 0. The van der Waals surface area contributed by atoms with Crippen molar-refractivity contribution in [2.75, 3.05) is 7.05 Å². The van der Waals surface area contributed by atoms with E-state index in [-0.39, 0.29) is 5.96 Å². The molecular formula is C5H13IN5OSn. The Hall–Kier alpha value is 0.0987. The molecule has 0 saturated carbocycles. The van der Waals surface area contributed by atoms with Crippen LogP contribution in [-0.4, -0.2) is 42.0 Å². The molecule has 6 nitrogen and oxygen atoms in total. The van der Waals surface area contributed by atoms with Gasteiger partial charge in [-0.2, -0.15) is 0 Å². The van der Waals surface area contributed by atoms with E-state index in [4.69, 9.17) is 16.3 Å². The van der Waals surface area contributed by atoms with E-state index in [1.165, 1.54) is 0 Å². The number of hydrogen-bond donors (Lipinski definition) is 3. The molecule has 0 rings (SSSR count). The van der Waals surface area contributed by atoms with Gasteiger partial charge in [-0.1, -0.05) is 0 Å². The van der Waals surface area contributed by atoms with E-state index in [1.54, 1.807) is 6.92 Å². The second-order valence-electron chi connectivity index (χ2n) is 1.76. The normalized spacial score (nSPS) is 12.3. The first-order valence-corrected chi connectivity index (χ1v) is 14.2. The van der Waals surface area contributed by atoms with Gasteiger partial charge in [-0.25, -0.2) is 0 Å². The van der Waals surface area contributed by atoms with Gasteiger partial charge in [-0.15, -0.1) is 0 Å². The average molecular weight is 405 g/mol. The van der Waals surface area contributed by atoms with Crippen LogP contribution in [0, 0.1) is 0 Å². The van der Waals surface area contributed by atoms with Crippen molar-refractivity contribution in [3.63, 3.8) is 0 Å². The van der Waals surface area contributed by atoms with Crippen LogP contribution in [0.15, 0.2) is 8.21 Å². The zero-order chi connectivity index (χ0) is 10.9. The fourth-order valence-corrected chi connectivity index (χ4v) is 3.06. The number of hydrogen-bond acceptors (Lipinski definition) is 3. The van der Waals surface area contributed by atoms with E-state index in [1.807, 2.05) is 13.8 Å². The van der Waals surface area contributed by atoms with Crippen molar-refractivity contribution in [1.82, 2.24) is 3.54 Å². The van der Waals surface area contributed by atoms with Crippen molar-refractivity contribution >= 4 is 53.6 Å². The maximum atomic E-state index is 8.00. The second-order valence-corrected chi connectivity index (χ2v) is 12.3. The predicted molar refractivity (Wildman–Crippen MR) is 64.9 cm³/mol. The Morgan fingerprint density at radius 2 is 2.00 bits per heavy atom. The van der Waals surface area contributed by atoms with Gasteiger partial charge >= 0.3 is 84.0 Å². The summed E-state index contributed by atoms with van der Waals surface area (Å²) in [5, 5.41) is 0. The number of carbonyl (C=O) groups is 1. The molecule has 0 fully saturated rings. The van der Waals surface area contributed by atoms with Gasteiger partial charge in [-0.3, -0.25) is 0 Å². The quantitative estimate of drug-likeness (QED) is 0.241. The molecule has 0 unspecified atom stereocenters. The van der Waals surface area contributed by atoms with Gasteiger partial charge in [0.25, 0.3) is 0 Å². The maximum absolute atomic E-state index is 8.00. The Bertz CT molecular complexity index is 193. The van der Waals surface area contributed by atoms with Gasteiger partial charge in [0.1, 0.15) is 6.79 Å². The Labute approximate surface area is 94.9 Å². The number of rotatable bonds is 2. The zero-order valence-electron chi connectivity index (χ0n) is 7.54. The van der Waals surface area contributed by atoms with E-state index < -0.39 is 16.3 Å². The van der Waals surface area contributed by atoms with Gasteiger partial charge in [0.2, 0.25) is 0 Å². The number of nitrogens with zero attached hydrogens (tertiary/aromatic N) is 2. The molecule has 0 aromatic heterocycles. The molecule has 0 aliphatic rings. The van der Waals surface area contributed by atoms with Crippen molar-refractivity contribution < 1.29 is 4.79 Å². The first kappa shape index (κ1) is 15.6. The van der Waals surface area contributed by atoms with Crippen molar-refractivity contribution in [3.05, 3.63) is 0 Å². The average Bonchev–Trinajstić information content (AvgIpc) is 2.06. The third kappa shape index (κ3) is 12.1. The number of nitrogens with one attached hydrogen (secondary N) is 1. The molecule has 0 aromatic rings. The van der Waals surface area contributed by atoms with E-state index in [9.17, 15) is 0 Å². The zero-order valence-corrected chi connectivity index (χ0v) is 12.6. The molecule has 0 heterocycles. The first-order valence-electron chi connectivity index (χ1n) is 3.20. The molecule has 8 heteroatoms. The van der Waals surface area contributed by atoms with Gasteiger partial charge in [0.05, 0.1) is 0 Å². The topological polar surface area (TPSA) is 106 Å². The van der Waals surface area contributed by atoms with E-state index in [0.29, 0.717) is 5.84 Å². The molecule has 5 N–H and O–H groups in total. The molecule has 13 heavy (non-hydrogen) atoms. The van der Waals surface area contributed by atoms with Crippen molar-refractivity contribution in [1.29, 1.82) is 0 Å². The van der Waals surface area contributed by atoms with Crippen LogP contribution in [0.5, 0.6) is 0 Å². The minimum absolute atomic E-state index is 0.281. The van der Waals surface area contributed by atoms with E-state index in [0.717, 1.165) is 0 Å². The second kappa shape index (κ2) is 10.2. The van der Waals surface area contributed by atoms with Gasteiger partial charge in [-0.05, 0) is 0 Å². The van der Waals surface area contributed by atoms with Crippen LogP contribution >= 0.6 is 18.6 Å². The summed E-state index contributed by atoms with van der Waals surface area (Å²) in [4.78, 5) is 11.8. The summed E-state index contributed by atoms with van der Waals surface area (Å²) in [5.74, 6) is 0.720. The van der Waals surface area contributed by atoms with Crippen molar-refractivity contribution in [2.24, 2.45) is 19.7 Å². The van der Waals surface area contributed by atoms with Crippen molar-refractivity contribution in [2.45, 2.75) is 6.92 Å². The number of guanidine groups is 1. The molecule has 0 aromatic carbocycles. The minimum atomic E-state index is -1.78. The van der Waals surface area contributed by atoms with Gasteiger partial charge in [0.15, 0.2) is 0 Å². The van der Waals surface area contributed by atoms with Crippen LogP contribution < -0.4 is 15.0 Å². The molecule has 0 amide bonds. The summed E-state index contributed by atoms with van der Waals surface area (Å²) in [6, 6.07) is 0. The summed E-state index contributed by atoms with van der Waals surface area (Å²) in [6.45, 7) is 3.68. The van der Waals surface area contributed by atoms with Gasteiger partial charge in [0, 0.05) is 0 Å². The van der Waals surface area contributed by atoms with Gasteiger partial charge < -0.3 is 4.79 Å². The molecule has 0 aliphatic carbocycles. The molecule has 0 spiro atoms. The Kier molecular flexibility index (Phi) is 12.2. The van der Waals surface area contributed by atoms with E-state index >= 15 is 0 Å². The van der Waals surface area contributed by atoms with Crippen LogP contribution in [0.1, 0.15) is 6.92 Å². The predicted octanol–water partition coefficient (Wildman–Crippen LogP) is -0.867. The summed E-state index contributed by atoms with van der Waals surface area (Å²) < 4.78 is 7.21. The van der Waals surface area contributed by atoms with E-state index in [2.05, 4.69) is 30.4 Å². The Morgan fingerprint density at radius 3 is 2.31 bits per heavy atom. The number of amidine groups is 1. The standard InChI is InChI=1S/C3H7N4.CH4N.CH2O.HI.Sn/c1-2(4)7-3(5)6;2*1-2;;/h1H3,(H4-,4,5,6,7);2H,1H3;1H2;1H;/q2*-1;;;+3/p-1. The van der Waals surface area contributed by atoms with Crippen molar-refractivity contribution in [3.8, 4) is 0 Å². The van der Waals surface area contributed by atoms with Crippen LogP contribution in [0.25, 0.3) is 0 Å². The first-order chi connectivity index (χ1) is 6.06. The molecule has 0 saturated heterocycles. The number of carbonyl (C=O) groups excluding carboxylic acids is 1. The summed E-state index contributed by atoms with van der Waals surface area (Å²) in [7, 11) is 1.87. The molecule has 75 valence electrons. The fourth-order valence-electron chi connectivity index (χ4n) is 0.362. The number of aliphatic imine (C=N–C) groups is 1. The number of halogens is 1. The number of nitrogens with two attached hydrogens (primary N) is 2. The molecule has 0 bridgehead atoms. The van der Waals surface area contributed by atoms with Crippen LogP contribution in [-0.2, 0) is 4.79 Å². The molecular weight excluding hydrogens is 392 g/mol. The summed E-state index contributed by atoms with van der Waals surface area (Å²) >= 11 is 0.491. The molecule has 0 aliphatic heterocycles. The summed E-state index contributed by atoms with van der Waals surface area (Å²) in [5.41, 5.74) is 10.7. The van der Waals surface area contributed by atoms with Crippen LogP contribution in [0.4, 0.5) is 0 Å².